The molecule has 32 heavy (non-hydrogen) atoms. The summed E-state index contributed by atoms with van der Waals surface area (Å²) in [6.45, 7) is 0.501. The van der Waals surface area contributed by atoms with Gasteiger partial charge in [-0.3, -0.25) is 4.79 Å². The standard InChI is InChI=1S/C21H19ClN2O7S/c22-16-6-5-15(32(27,28)24-7-9-29-10-8-24)12-17(16)23-20(25)13-30-21(26)19-11-14-3-1-2-4-18(14)31-19/h1-6,11-12H,7-10,13H2,(H,23,25). The first-order valence-corrected chi connectivity index (χ1v) is 11.5. The number of anilines is 1. The molecule has 2 heterocycles. The first-order valence-electron chi connectivity index (χ1n) is 9.67. The van der Waals surface area contributed by atoms with Crippen molar-refractivity contribution in [3.8, 4) is 0 Å². The van der Waals surface area contributed by atoms with Gasteiger partial charge in [0, 0.05) is 18.5 Å². The Morgan fingerprint density at radius 2 is 1.84 bits per heavy atom. The predicted molar refractivity (Wildman–Crippen MR) is 116 cm³/mol. The minimum absolute atomic E-state index is 0.0154. The van der Waals surface area contributed by atoms with Crippen molar-refractivity contribution in [2.45, 2.75) is 4.90 Å². The molecule has 1 saturated heterocycles. The number of nitrogens with one attached hydrogen (secondary N) is 1. The molecule has 0 saturated carbocycles. The maximum absolute atomic E-state index is 12.8. The minimum Gasteiger partial charge on any atom is -0.450 e. The van der Waals surface area contributed by atoms with Gasteiger partial charge in [0.2, 0.25) is 15.8 Å². The van der Waals surface area contributed by atoms with Crippen LogP contribution >= 0.6 is 11.6 Å². The number of fused-ring (bicyclic) bond motifs is 1. The molecule has 3 aromatic rings. The van der Waals surface area contributed by atoms with E-state index in [0.717, 1.165) is 5.39 Å². The van der Waals surface area contributed by atoms with Gasteiger partial charge in [-0.2, -0.15) is 4.31 Å². The molecular weight excluding hydrogens is 460 g/mol. The van der Waals surface area contributed by atoms with Gasteiger partial charge in [-0.1, -0.05) is 29.8 Å². The van der Waals surface area contributed by atoms with Crippen LogP contribution in [0, 0.1) is 0 Å². The number of benzene rings is 2. The van der Waals surface area contributed by atoms with Crippen molar-refractivity contribution in [1.29, 1.82) is 0 Å². The van der Waals surface area contributed by atoms with E-state index < -0.39 is 28.5 Å². The van der Waals surface area contributed by atoms with Crippen LogP contribution in [-0.4, -0.2) is 57.5 Å². The first kappa shape index (κ1) is 22.3. The Labute approximate surface area is 188 Å². The summed E-state index contributed by atoms with van der Waals surface area (Å²) < 4.78 is 42.5. The Morgan fingerprint density at radius 1 is 1.09 bits per heavy atom. The fourth-order valence-corrected chi connectivity index (χ4v) is 4.77. The smallest absolute Gasteiger partial charge is 0.374 e. The fourth-order valence-electron chi connectivity index (χ4n) is 3.17. The molecule has 1 aliphatic rings. The maximum atomic E-state index is 12.8. The molecule has 4 rings (SSSR count). The van der Waals surface area contributed by atoms with Crippen LogP contribution in [0.3, 0.4) is 0 Å². The molecular formula is C21H19ClN2O7S. The quantitative estimate of drug-likeness (QED) is 0.541. The van der Waals surface area contributed by atoms with Crippen molar-refractivity contribution in [2.75, 3.05) is 38.2 Å². The summed E-state index contributed by atoms with van der Waals surface area (Å²) >= 11 is 6.11. The van der Waals surface area contributed by atoms with Crippen LogP contribution in [0.4, 0.5) is 5.69 Å². The lowest BCUT2D eigenvalue weighted by Gasteiger charge is -2.26. The molecule has 0 atom stereocenters. The number of halogens is 1. The zero-order valence-corrected chi connectivity index (χ0v) is 18.3. The lowest BCUT2D eigenvalue weighted by molar-refractivity contribution is -0.119. The third-order valence-electron chi connectivity index (χ3n) is 4.78. The molecule has 0 unspecified atom stereocenters. The summed E-state index contributed by atoms with van der Waals surface area (Å²) in [6, 6.07) is 12.6. The van der Waals surface area contributed by atoms with Crippen LogP contribution in [0.5, 0.6) is 0 Å². The summed E-state index contributed by atoms with van der Waals surface area (Å²) in [7, 11) is -3.77. The number of sulfonamides is 1. The summed E-state index contributed by atoms with van der Waals surface area (Å²) in [5, 5.41) is 3.34. The predicted octanol–water partition coefficient (Wildman–Crippen LogP) is 2.90. The number of carbonyl (C=O) groups excluding carboxylic acids is 2. The molecule has 0 bridgehead atoms. The maximum Gasteiger partial charge on any atom is 0.374 e. The molecule has 2 aromatic carbocycles. The highest BCUT2D eigenvalue weighted by atomic mass is 35.5. The Morgan fingerprint density at radius 3 is 2.59 bits per heavy atom. The Hall–Kier alpha value is -2.92. The SMILES string of the molecule is O=C(COC(=O)c1cc2ccccc2o1)Nc1cc(S(=O)(=O)N2CCOCC2)ccc1Cl. The van der Waals surface area contributed by atoms with E-state index in [0.29, 0.717) is 18.8 Å². The highest BCUT2D eigenvalue weighted by Gasteiger charge is 2.27. The molecule has 1 aromatic heterocycles. The van der Waals surface area contributed by atoms with Gasteiger partial charge in [0.05, 0.1) is 28.8 Å². The average Bonchev–Trinajstić information content (AvgIpc) is 3.24. The van der Waals surface area contributed by atoms with Crippen molar-refractivity contribution < 1.29 is 31.9 Å². The van der Waals surface area contributed by atoms with E-state index in [1.54, 1.807) is 24.3 Å². The van der Waals surface area contributed by atoms with Crippen LogP contribution < -0.4 is 5.32 Å². The molecule has 0 aliphatic carbocycles. The highest BCUT2D eigenvalue weighted by molar-refractivity contribution is 7.89. The number of esters is 1. The second kappa shape index (κ2) is 9.29. The molecule has 1 fully saturated rings. The molecule has 0 radical (unpaired) electrons. The van der Waals surface area contributed by atoms with Crippen LogP contribution in [0.15, 0.2) is 57.8 Å². The van der Waals surface area contributed by atoms with Gasteiger partial charge in [-0.05, 0) is 30.3 Å². The molecule has 11 heteroatoms. The molecule has 168 valence electrons. The summed E-state index contributed by atoms with van der Waals surface area (Å²) in [6.07, 6.45) is 0. The van der Waals surface area contributed by atoms with Crippen LogP contribution in [0.1, 0.15) is 10.6 Å². The van der Waals surface area contributed by atoms with Gasteiger partial charge in [-0.25, -0.2) is 13.2 Å². The third-order valence-corrected chi connectivity index (χ3v) is 7.01. The van der Waals surface area contributed by atoms with Crippen LogP contribution in [-0.2, 0) is 24.3 Å². The average molecular weight is 479 g/mol. The van der Waals surface area contributed by atoms with E-state index in [1.165, 1.54) is 28.6 Å². The minimum atomic E-state index is -3.77. The number of para-hydroxylation sites is 1. The monoisotopic (exact) mass is 478 g/mol. The van der Waals surface area contributed by atoms with Crippen molar-refractivity contribution in [3.05, 3.63) is 59.3 Å². The largest absolute Gasteiger partial charge is 0.450 e. The lowest BCUT2D eigenvalue weighted by atomic mass is 10.2. The second-order valence-corrected chi connectivity index (χ2v) is 9.28. The van der Waals surface area contributed by atoms with Crippen molar-refractivity contribution in [3.63, 3.8) is 0 Å². The van der Waals surface area contributed by atoms with Gasteiger partial charge in [0.1, 0.15) is 5.58 Å². The summed E-state index contributed by atoms with van der Waals surface area (Å²) in [5.74, 6) is -1.51. The molecule has 1 amide bonds. The first-order chi connectivity index (χ1) is 15.3. The van der Waals surface area contributed by atoms with E-state index in [1.807, 2.05) is 0 Å². The number of rotatable bonds is 6. The topological polar surface area (TPSA) is 115 Å². The van der Waals surface area contributed by atoms with E-state index in [2.05, 4.69) is 5.32 Å². The number of furan rings is 1. The normalized spacial score (nSPS) is 14.9. The van der Waals surface area contributed by atoms with Gasteiger partial charge >= 0.3 is 5.97 Å². The van der Waals surface area contributed by atoms with Gasteiger partial charge < -0.3 is 19.2 Å². The highest BCUT2D eigenvalue weighted by Crippen LogP contribution is 2.27. The third kappa shape index (κ3) is 4.78. The molecule has 1 N–H and O–H groups in total. The second-order valence-electron chi connectivity index (χ2n) is 6.93. The summed E-state index contributed by atoms with van der Waals surface area (Å²) in [5.41, 5.74) is 0.611. The van der Waals surface area contributed by atoms with Crippen molar-refractivity contribution >= 4 is 50.2 Å². The zero-order valence-electron chi connectivity index (χ0n) is 16.7. The number of morpholine rings is 1. The van der Waals surface area contributed by atoms with Crippen LogP contribution in [0.2, 0.25) is 5.02 Å². The molecule has 9 nitrogen and oxygen atoms in total. The molecule has 1 aliphatic heterocycles. The number of hydrogen-bond acceptors (Lipinski definition) is 7. The van der Waals surface area contributed by atoms with E-state index >= 15 is 0 Å². The van der Waals surface area contributed by atoms with E-state index in [-0.39, 0.29) is 34.5 Å². The Bertz CT molecular complexity index is 1230. The fraction of sp³-hybridized carbons (Fsp3) is 0.238. The van der Waals surface area contributed by atoms with Crippen LogP contribution in [0.25, 0.3) is 11.0 Å². The number of ether oxygens (including phenoxy) is 2. The number of hydrogen-bond donors (Lipinski definition) is 1. The zero-order chi connectivity index (χ0) is 22.7. The lowest BCUT2D eigenvalue weighted by Crippen LogP contribution is -2.40. The molecule has 0 spiro atoms. The van der Waals surface area contributed by atoms with Crippen molar-refractivity contribution in [2.24, 2.45) is 0 Å². The number of carbonyl (C=O) groups is 2. The van der Waals surface area contributed by atoms with E-state index in [4.69, 9.17) is 25.5 Å². The van der Waals surface area contributed by atoms with Gasteiger partial charge in [0.25, 0.3) is 5.91 Å². The summed E-state index contributed by atoms with van der Waals surface area (Å²) in [4.78, 5) is 24.4. The number of nitrogens with zero attached hydrogens (tertiary/aromatic N) is 1. The Kier molecular flexibility index (Phi) is 6.47. The van der Waals surface area contributed by atoms with Gasteiger partial charge in [0.15, 0.2) is 6.61 Å². The number of amides is 1. The van der Waals surface area contributed by atoms with E-state index in [9.17, 15) is 18.0 Å². The van der Waals surface area contributed by atoms with Gasteiger partial charge in [-0.15, -0.1) is 0 Å². The Balaban J connectivity index is 1.41. The van der Waals surface area contributed by atoms with Crippen molar-refractivity contribution in [1.82, 2.24) is 4.31 Å².